The highest BCUT2D eigenvalue weighted by molar-refractivity contribution is 6.31. The van der Waals surface area contributed by atoms with E-state index in [0.717, 1.165) is 11.1 Å². The monoisotopic (exact) mass is 347 g/mol. The molecular formula is C17H18ClN3O3. The highest BCUT2D eigenvalue weighted by atomic mass is 35.5. The van der Waals surface area contributed by atoms with Crippen molar-refractivity contribution in [2.75, 3.05) is 11.9 Å². The zero-order valence-corrected chi connectivity index (χ0v) is 14.1. The molecule has 0 aliphatic carbocycles. The molecule has 24 heavy (non-hydrogen) atoms. The number of nitro groups is 1. The number of rotatable bonds is 6. The second-order valence-corrected chi connectivity index (χ2v) is 5.84. The Labute approximate surface area is 145 Å². The van der Waals surface area contributed by atoms with E-state index in [4.69, 9.17) is 11.6 Å². The largest absolute Gasteiger partial charge is 0.324 e. The first kappa shape index (κ1) is 17.9. The Kier molecular flexibility index (Phi) is 5.89. The molecule has 6 nitrogen and oxygen atoms in total. The topological polar surface area (TPSA) is 84.3 Å². The highest BCUT2D eigenvalue weighted by Crippen LogP contribution is 2.23. The Balaban J connectivity index is 1.98. The maximum atomic E-state index is 12.1. The number of nitrogens with zero attached hydrogens (tertiary/aromatic N) is 1. The smallest absolute Gasteiger partial charge is 0.271 e. The van der Waals surface area contributed by atoms with Gasteiger partial charge in [-0.3, -0.25) is 14.9 Å². The number of aryl methyl sites for hydroxylation is 1. The molecular weight excluding hydrogens is 330 g/mol. The Morgan fingerprint density at radius 2 is 2.00 bits per heavy atom. The van der Waals surface area contributed by atoms with Crippen LogP contribution >= 0.6 is 11.6 Å². The fourth-order valence-corrected chi connectivity index (χ4v) is 2.53. The summed E-state index contributed by atoms with van der Waals surface area (Å²) in [6.45, 7) is 3.75. The van der Waals surface area contributed by atoms with Gasteiger partial charge in [0.05, 0.1) is 17.2 Å². The lowest BCUT2D eigenvalue weighted by molar-refractivity contribution is -0.384. The number of amides is 1. The zero-order chi connectivity index (χ0) is 17.7. The maximum absolute atomic E-state index is 12.1. The Morgan fingerprint density at radius 1 is 1.29 bits per heavy atom. The minimum absolute atomic E-state index is 0.0618. The van der Waals surface area contributed by atoms with Crippen LogP contribution in [0.25, 0.3) is 0 Å². The Hall–Kier alpha value is -2.44. The molecule has 0 aliphatic heterocycles. The number of hydrogen-bond donors (Lipinski definition) is 2. The summed E-state index contributed by atoms with van der Waals surface area (Å²) in [6, 6.07) is 11.7. The molecule has 1 amide bonds. The minimum Gasteiger partial charge on any atom is -0.324 e. The molecule has 0 unspecified atom stereocenters. The number of non-ortho nitro benzene ring substituents is 1. The molecule has 2 N–H and O–H groups in total. The number of anilines is 1. The van der Waals surface area contributed by atoms with E-state index in [9.17, 15) is 14.9 Å². The van der Waals surface area contributed by atoms with Crippen molar-refractivity contribution < 1.29 is 9.72 Å². The van der Waals surface area contributed by atoms with Crippen LogP contribution in [-0.2, 0) is 4.79 Å². The predicted octanol–water partition coefficient (Wildman–Crippen LogP) is 3.85. The van der Waals surface area contributed by atoms with Gasteiger partial charge in [0.15, 0.2) is 0 Å². The molecule has 0 radical (unpaired) electrons. The van der Waals surface area contributed by atoms with Gasteiger partial charge in [0.2, 0.25) is 5.91 Å². The van der Waals surface area contributed by atoms with Crippen molar-refractivity contribution in [2.24, 2.45) is 0 Å². The standard InChI is InChI=1S/C17H18ClN3O3/c1-11-7-8-13(21(23)24)9-16(11)20-17(22)10-19-12(2)14-5-3-4-6-15(14)18/h3-9,12,19H,10H2,1-2H3,(H,20,22)/t12-/m0/s1. The van der Waals surface area contributed by atoms with Crippen LogP contribution in [0, 0.1) is 17.0 Å². The van der Waals surface area contributed by atoms with Crippen molar-refractivity contribution in [3.8, 4) is 0 Å². The van der Waals surface area contributed by atoms with E-state index >= 15 is 0 Å². The van der Waals surface area contributed by atoms with Crippen molar-refractivity contribution in [1.29, 1.82) is 0 Å². The number of hydrogen-bond acceptors (Lipinski definition) is 4. The normalized spacial score (nSPS) is 11.8. The third-order valence-corrected chi connectivity index (χ3v) is 3.99. The summed E-state index contributed by atoms with van der Waals surface area (Å²) in [7, 11) is 0. The SMILES string of the molecule is Cc1ccc([N+](=O)[O-])cc1NC(=O)CN[C@@H](C)c1ccccc1Cl. The van der Waals surface area contributed by atoms with E-state index in [1.807, 2.05) is 25.1 Å². The summed E-state index contributed by atoms with van der Waals surface area (Å²) in [5.74, 6) is -0.280. The zero-order valence-electron chi connectivity index (χ0n) is 13.4. The quantitative estimate of drug-likeness (QED) is 0.614. The molecule has 0 saturated carbocycles. The van der Waals surface area contributed by atoms with Gasteiger partial charge < -0.3 is 10.6 Å². The van der Waals surface area contributed by atoms with E-state index in [1.165, 1.54) is 12.1 Å². The lowest BCUT2D eigenvalue weighted by Crippen LogP contribution is -2.30. The van der Waals surface area contributed by atoms with Gasteiger partial charge in [-0.1, -0.05) is 35.9 Å². The van der Waals surface area contributed by atoms with E-state index in [0.29, 0.717) is 10.7 Å². The van der Waals surface area contributed by atoms with Crippen LogP contribution in [0.15, 0.2) is 42.5 Å². The molecule has 0 heterocycles. The molecule has 0 bridgehead atoms. The minimum atomic E-state index is -0.493. The molecule has 0 aliphatic rings. The van der Waals surface area contributed by atoms with E-state index < -0.39 is 4.92 Å². The van der Waals surface area contributed by atoms with Crippen molar-refractivity contribution in [1.82, 2.24) is 5.32 Å². The third kappa shape index (κ3) is 4.53. The number of halogens is 1. The van der Waals surface area contributed by atoms with Gasteiger partial charge in [-0.2, -0.15) is 0 Å². The Morgan fingerprint density at radius 3 is 2.67 bits per heavy atom. The first-order valence-electron chi connectivity index (χ1n) is 7.41. The van der Waals surface area contributed by atoms with Gasteiger partial charge in [0.25, 0.3) is 5.69 Å². The summed E-state index contributed by atoms with van der Waals surface area (Å²) < 4.78 is 0. The van der Waals surface area contributed by atoms with Gasteiger partial charge in [0, 0.05) is 23.2 Å². The summed E-state index contributed by atoms with van der Waals surface area (Å²) in [4.78, 5) is 22.4. The number of nitrogens with one attached hydrogen (secondary N) is 2. The van der Waals surface area contributed by atoms with Crippen LogP contribution < -0.4 is 10.6 Å². The van der Waals surface area contributed by atoms with Gasteiger partial charge >= 0.3 is 0 Å². The number of carbonyl (C=O) groups excluding carboxylic acids is 1. The lowest BCUT2D eigenvalue weighted by Gasteiger charge is -2.16. The molecule has 0 saturated heterocycles. The average Bonchev–Trinajstić information content (AvgIpc) is 2.55. The van der Waals surface area contributed by atoms with E-state index in [1.54, 1.807) is 19.1 Å². The first-order chi connectivity index (χ1) is 11.4. The van der Waals surface area contributed by atoms with Crippen molar-refractivity contribution >= 4 is 28.9 Å². The van der Waals surface area contributed by atoms with Crippen LogP contribution in [0.2, 0.25) is 5.02 Å². The second-order valence-electron chi connectivity index (χ2n) is 5.43. The van der Waals surface area contributed by atoms with Crippen molar-refractivity contribution in [3.05, 3.63) is 68.7 Å². The molecule has 2 rings (SSSR count). The van der Waals surface area contributed by atoms with Crippen LogP contribution in [0.3, 0.4) is 0 Å². The highest BCUT2D eigenvalue weighted by Gasteiger charge is 2.13. The molecule has 0 spiro atoms. The average molecular weight is 348 g/mol. The molecule has 1 atom stereocenters. The van der Waals surface area contributed by atoms with Gasteiger partial charge in [-0.25, -0.2) is 0 Å². The van der Waals surface area contributed by atoms with E-state index in [2.05, 4.69) is 10.6 Å². The molecule has 7 heteroatoms. The van der Waals surface area contributed by atoms with E-state index in [-0.39, 0.29) is 24.2 Å². The van der Waals surface area contributed by atoms with Crippen molar-refractivity contribution in [2.45, 2.75) is 19.9 Å². The van der Waals surface area contributed by atoms with Gasteiger partial charge in [-0.15, -0.1) is 0 Å². The molecule has 2 aromatic carbocycles. The first-order valence-corrected chi connectivity index (χ1v) is 7.79. The second kappa shape index (κ2) is 7.90. The van der Waals surface area contributed by atoms with Crippen molar-refractivity contribution in [3.63, 3.8) is 0 Å². The summed E-state index contributed by atoms with van der Waals surface area (Å²) >= 11 is 6.13. The summed E-state index contributed by atoms with van der Waals surface area (Å²) in [6.07, 6.45) is 0. The maximum Gasteiger partial charge on any atom is 0.271 e. The number of carbonyl (C=O) groups is 1. The fourth-order valence-electron chi connectivity index (χ4n) is 2.23. The molecule has 126 valence electrons. The number of nitro benzene ring substituents is 1. The Bertz CT molecular complexity index is 764. The van der Waals surface area contributed by atoms with Crippen LogP contribution in [0.1, 0.15) is 24.1 Å². The summed E-state index contributed by atoms with van der Waals surface area (Å²) in [5.41, 5.74) is 2.03. The van der Waals surface area contributed by atoms with Crippen LogP contribution in [0.5, 0.6) is 0 Å². The van der Waals surface area contributed by atoms with Crippen LogP contribution in [-0.4, -0.2) is 17.4 Å². The van der Waals surface area contributed by atoms with Crippen LogP contribution in [0.4, 0.5) is 11.4 Å². The molecule has 0 fully saturated rings. The summed E-state index contributed by atoms with van der Waals surface area (Å²) in [5, 5.41) is 17.2. The lowest BCUT2D eigenvalue weighted by atomic mass is 10.1. The molecule has 2 aromatic rings. The third-order valence-electron chi connectivity index (χ3n) is 3.65. The fraction of sp³-hybridized carbons (Fsp3) is 0.235. The molecule has 0 aromatic heterocycles. The predicted molar refractivity (Wildman–Crippen MR) is 94.3 cm³/mol. The number of benzene rings is 2. The van der Waals surface area contributed by atoms with Gasteiger partial charge in [-0.05, 0) is 31.0 Å². The van der Waals surface area contributed by atoms with Gasteiger partial charge in [0.1, 0.15) is 0 Å².